The van der Waals surface area contributed by atoms with Gasteiger partial charge in [0.2, 0.25) is 5.95 Å². The molecule has 11 nitrogen and oxygen atoms in total. The minimum atomic E-state index is -0.473. The van der Waals surface area contributed by atoms with E-state index in [0.29, 0.717) is 17.8 Å². The summed E-state index contributed by atoms with van der Waals surface area (Å²) in [5.41, 5.74) is 5.75. The molecule has 254 valence electrons. The van der Waals surface area contributed by atoms with Gasteiger partial charge in [-0.3, -0.25) is 9.69 Å². The number of likely N-dealkylation sites (N-methyl/N-ethyl adjacent to an activating group) is 1. The van der Waals surface area contributed by atoms with Crippen molar-refractivity contribution in [1.29, 1.82) is 0 Å². The Labute approximate surface area is 292 Å². The van der Waals surface area contributed by atoms with Gasteiger partial charge in [-0.1, -0.05) is 20.9 Å². The number of H-pyrrole nitrogens is 1. The van der Waals surface area contributed by atoms with Crippen molar-refractivity contribution >= 4 is 58.0 Å². The van der Waals surface area contributed by atoms with E-state index in [9.17, 15) is 4.79 Å². The lowest BCUT2D eigenvalue weighted by molar-refractivity contribution is 0.0982. The van der Waals surface area contributed by atoms with Crippen LogP contribution in [0, 0.1) is 0 Å². The van der Waals surface area contributed by atoms with Gasteiger partial charge in [0.25, 0.3) is 5.56 Å². The maximum atomic E-state index is 11.5. The summed E-state index contributed by atoms with van der Waals surface area (Å²) >= 11 is 3.64. The second-order valence-electron chi connectivity index (χ2n) is 12.7. The second-order valence-corrected chi connectivity index (χ2v) is 15.8. The summed E-state index contributed by atoms with van der Waals surface area (Å²) < 4.78 is 6.66. The number of aromatic amines is 1. The predicted molar refractivity (Wildman–Crippen MR) is 202 cm³/mol. The Morgan fingerprint density at radius 2 is 1.77 bits per heavy atom. The first-order valence-corrected chi connectivity index (χ1v) is 19.6. The van der Waals surface area contributed by atoms with E-state index in [4.69, 9.17) is 9.72 Å². The van der Waals surface area contributed by atoms with E-state index in [-0.39, 0.29) is 5.56 Å². The summed E-state index contributed by atoms with van der Waals surface area (Å²) in [6.07, 6.45) is 5.03. The quantitative estimate of drug-likeness (QED) is 0.177. The number of rotatable bonds is 10. The van der Waals surface area contributed by atoms with Crippen LogP contribution in [0.4, 0.5) is 28.8 Å². The molecule has 3 N–H and O–H groups in total. The van der Waals surface area contributed by atoms with Crippen molar-refractivity contribution in [2.45, 2.75) is 32.2 Å². The maximum absolute atomic E-state index is 11.5. The van der Waals surface area contributed by atoms with Gasteiger partial charge in [-0.25, -0.2) is 10.1 Å². The molecule has 0 radical (unpaired) electrons. The summed E-state index contributed by atoms with van der Waals surface area (Å²) in [7, 11) is 3.46. The normalized spacial score (nSPS) is 16.4. The number of benzene rings is 2. The largest absolute Gasteiger partial charge is 0.494 e. The summed E-state index contributed by atoms with van der Waals surface area (Å²) in [6, 6.07) is 14.4. The van der Waals surface area contributed by atoms with Crippen LogP contribution in [0.2, 0.25) is 0 Å². The zero-order chi connectivity index (χ0) is 33.8. The molecule has 0 spiro atoms. The number of piperazine rings is 1. The predicted octanol–water partition coefficient (Wildman–Crippen LogP) is 5.63. The van der Waals surface area contributed by atoms with Crippen LogP contribution in [0.3, 0.4) is 0 Å². The molecule has 2 saturated heterocycles. The third-order valence-corrected chi connectivity index (χ3v) is 11.3. The number of hydrogen-bond donors (Lipinski definition) is 3. The highest BCUT2D eigenvalue weighted by Gasteiger charge is 2.28. The molecular formula is C35H45BrN9O2P. The van der Waals surface area contributed by atoms with Gasteiger partial charge in [0.05, 0.1) is 23.0 Å². The number of hydrogen-bond acceptors (Lipinski definition) is 10. The Morgan fingerprint density at radius 3 is 2.44 bits per heavy atom. The molecule has 2 fully saturated rings. The van der Waals surface area contributed by atoms with Gasteiger partial charge in [0.1, 0.15) is 11.6 Å². The molecule has 6 rings (SSSR count). The van der Waals surface area contributed by atoms with Gasteiger partial charge in [0.15, 0.2) is 0 Å². The summed E-state index contributed by atoms with van der Waals surface area (Å²) in [5, 5.41) is 14.9. The molecule has 2 aliphatic heterocycles. The van der Waals surface area contributed by atoms with E-state index >= 15 is 0 Å². The molecule has 0 saturated carbocycles. The number of aryl methyl sites for hydroxylation is 1. The third-order valence-electron chi connectivity index (χ3n) is 9.34. The molecule has 0 aliphatic carbocycles. The standard InChI is InChI=1S/C35H45BrN9O2P/c1-6-23-19-29(31(47-3)21-30(23)45-13-11-25(12-14-45)44-17-15-43(2)16-18-44)39-35-37-22-26(36)34(40-35)38-28-8-7-24(20-32(28)48(4)5)27-9-10-33(46)42-41-27/h7-10,19-22,25H,6,11-18H2,1-5H3,(H,42,46)(H2,37,38,39,40). The second kappa shape index (κ2) is 15.3. The highest BCUT2D eigenvalue weighted by Crippen LogP contribution is 2.38. The van der Waals surface area contributed by atoms with Crippen molar-refractivity contribution < 1.29 is 4.74 Å². The van der Waals surface area contributed by atoms with Crippen LogP contribution in [0.1, 0.15) is 25.3 Å². The molecule has 4 aromatic rings. The summed E-state index contributed by atoms with van der Waals surface area (Å²) in [5.74, 6) is 1.88. The van der Waals surface area contributed by atoms with Crippen LogP contribution in [0.15, 0.2) is 57.9 Å². The smallest absolute Gasteiger partial charge is 0.264 e. The lowest BCUT2D eigenvalue weighted by atomic mass is 9.99. The van der Waals surface area contributed by atoms with Crippen LogP contribution in [-0.2, 0) is 6.42 Å². The van der Waals surface area contributed by atoms with Crippen molar-refractivity contribution in [2.75, 3.05) is 82.3 Å². The minimum Gasteiger partial charge on any atom is -0.494 e. The Morgan fingerprint density at radius 1 is 1.00 bits per heavy atom. The number of aromatic nitrogens is 4. The average molecular weight is 735 g/mol. The number of anilines is 5. The molecule has 2 aromatic heterocycles. The van der Waals surface area contributed by atoms with Gasteiger partial charge < -0.3 is 25.2 Å². The molecule has 0 unspecified atom stereocenters. The van der Waals surface area contributed by atoms with Crippen LogP contribution in [-0.4, -0.2) is 103 Å². The lowest BCUT2D eigenvalue weighted by Gasteiger charge is -2.43. The number of nitrogens with one attached hydrogen (secondary N) is 3. The van der Waals surface area contributed by atoms with E-state index in [1.54, 1.807) is 19.4 Å². The number of halogens is 1. The summed E-state index contributed by atoms with van der Waals surface area (Å²) in [6.45, 7) is 13.4. The first-order chi connectivity index (χ1) is 23.2. The zero-order valence-corrected chi connectivity index (χ0v) is 30.9. The van der Waals surface area contributed by atoms with Crippen LogP contribution < -0.4 is 31.1 Å². The van der Waals surface area contributed by atoms with E-state index in [0.717, 1.165) is 70.8 Å². The summed E-state index contributed by atoms with van der Waals surface area (Å²) in [4.78, 5) is 28.6. The Hall–Kier alpha value is -3.57. The molecule has 4 heterocycles. The van der Waals surface area contributed by atoms with Gasteiger partial charge in [-0.2, -0.15) is 10.1 Å². The Kier molecular flexibility index (Phi) is 10.9. The molecule has 48 heavy (non-hydrogen) atoms. The Balaban J connectivity index is 1.19. The molecule has 0 bridgehead atoms. The fourth-order valence-corrected chi connectivity index (χ4v) is 7.85. The fraction of sp³-hybridized carbons (Fsp3) is 0.429. The number of nitrogens with zero attached hydrogens (tertiary/aromatic N) is 6. The van der Waals surface area contributed by atoms with Crippen LogP contribution >= 0.6 is 23.9 Å². The van der Waals surface area contributed by atoms with E-state index < -0.39 is 7.92 Å². The van der Waals surface area contributed by atoms with E-state index in [2.05, 4.69) is 102 Å². The maximum Gasteiger partial charge on any atom is 0.264 e. The topological polar surface area (TPSA) is 115 Å². The van der Waals surface area contributed by atoms with Gasteiger partial charge in [-0.15, -0.1) is 0 Å². The van der Waals surface area contributed by atoms with Crippen molar-refractivity contribution in [3.8, 4) is 17.0 Å². The number of methoxy groups -OCH3 is 1. The van der Waals surface area contributed by atoms with Crippen molar-refractivity contribution in [1.82, 2.24) is 30.0 Å². The minimum absolute atomic E-state index is 0.222. The molecular weight excluding hydrogens is 689 g/mol. The third kappa shape index (κ3) is 7.83. The fourth-order valence-electron chi connectivity index (χ4n) is 6.55. The molecule has 2 aromatic carbocycles. The van der Waals surface area contributed by atoms with Gasteiger partial charge in [0, 0.05) is 80.6 Å². The van der Waals surface area contributed by atoms with Crippen molar-refractivity contribution in [3.05, 3.63) is 69.1 Å². The average Bonchev–Trinajstić information content (AvgIpc) is 3.10. The van der Waals surface area contributed by atoms with Crippen molar-refractivity contribution in [2.24, 2.45) is 0 Å². The Bertz CT molecular complexity index is 1770. The monoisotopic (exact) mass is 733 g/mol. The number of piperidine rings is 1. The highest BCUT2D eigenvalue weighted by atomic mass is 79.9. The van der Waals surface area contributed by atoms with E-state index in [1.165, 1.54) is 43.2 Å². The number of ether oxygens (including phenoxy) is 1. The molecule has 0 amide bonds. The first-order valence-electron chi connectivity index (χ1n) is 16.5. The van der Waals surface area contributed by atoms with E-state index in [1.807, 2.05) is 12.1 Å². The highest BCUT2D eigenvalue weighted by molar-refractivity contribution is 9.10. The first kappa shape index (κ1) is 34.3. The zero-order valence-electron chi connectivity index (χ0n) is 28.4. The van der Waals surface area contributed by atoms with Gasteiger partial charge >= 0.3 is 0 Å². The molecule has 2 aliphatic rings. The lowest BCUT2D eigenvalue weighted by Crippen LogP contribution is -2.52. The molecule has 13 heteroatoms. The van der Waals surface area contributed by atoms with Crippen molar-refractivity contribution in [3.63, 3.8) is 0 Å². The van der Waals surface area contributed by atoms with Gasteiger partial charge in [-0.05, 0) is 90.7 Å². The van der Waals surface area contributed by atoms with Crippen LogP contribution in [0.5, 0.6) is 5.75 Å². The van der Waals surface area contributed by atoms with Crippen LogP contribution in [0.25, 0.3) is 11.3 Å². The molecule has 0 atom stereocenters. The SMILES string of the molecule is CCc1cc(Nc2ncc(Br)c(Nc3ccc(-c4ccc(=O)[nH]n4)cc3P(C)C)n2)c(OC)cc1N1CCC(N2CCN(C)CC2)CC1.